The van der Waals surface area contributed by atoms with E-state index >= 15 is 0 Å². The SMILES string of the molecule is CC(CNC(=O)c1ccc(F)cc1F)C(=O)O. The third-order valence-corrected chi connectivity index (χ3v) is 2.17. The van der Waals surface area contributed by atoms with Crippen molar-refractivity contribution in [2.45, 2.75) is 6.92 Å². The molecule has 0 aromatic heterocycles. The van der Waals surface area contributed by atoms with Gasteiger partial charge in [-0.15, -0.1) is 0 Å². The van der Waals surface area contributed by atoms with E-state index in [2.05, 4.69) is 5.32 Å². The molecule has 1 rings (SSSR count). The summed E-state index contributed by atoms with van der Waals surface area (Å²) in [4.78, 5) is 21.9. The zero-order chi connectivity index (χ0) is 13.0. The lowest BCUT2D eigenvalue weighted by molar-refractivity contribution is -0.140. The molecule has 1 unspecified atom stereocenters. The second kappa shape index (κ2) is 5.38. The van der Waals surface area contributed by atoms with Crippen molar-refractivity contribution in [1.29, 1.82) is 0 Å². The first kappa shape index (κ1) is 13.1. The second-order valence-corrected chi connectivity index (χ2v) is 3.57. The molecule has 0 spiro atoms. The predicted molar refractivity (Wildman–Crippen MR) is 55.5 cm³/mol. The Morgan fingerprint density at radius 3 is 2.59 bits per heavy atom. The van der Waals surface area contributed by atoms with Crippen LogP contribution in [0.15, 0.2) is 18.2 Å². The van der Waals surface area contributed by atoms with Gasteiger partial charge in [0.2, 0.25) is 0 Å². The van der Waals surface area contributed by atoms with Crippen LogP contribution in [0.3, 0.4) is 0 Å². The average Bonchev–Trinajstić information content (AvgIpc) is 2.25. The van der Waals surface area contributed by atoms with Gasteiger partial charge >= 0.3 is 5.97 Å². The molecule has 0 bridgehead atoms. The maximum Gasteiger partial charge on any atom is 0.308 e. The number of amides is 1. The number of carbonyl (C=O) groups is 2. The molecule has 0 aliphatic heterocycles. The van der Waals surface area contributed by atoms with E-state index in [0.29, 0.717) is 6.07 Å². The number of carboxylic acids is 1. The van der Waals surface area contributed by atoms with Crippen molar-refractivity contribution < 1.29 is 23.5 Å². The van der Waals surface area contributed by atoms with Gasteiger partial charge in [0, 0.05) is 12.6 Å². The Morgan fingerprint density at radius 1 is 1.41 bits per heavy atom. The van der Waals surface area contributed by atoms with Gasteiger partial charge in [-0.1, -0.05) is 6.92 Å². The molecule has 1 aromatic rings. The van der Waals surface area contributed by atoms with Crippen molar-refractivity contribution in [2.75, 3.05) is 6.54 Å². The Balaban J connectivity index is 2.67. The fraction of sp³-hybridized carbons (Fsp3) is 0.273. The molecule has 0 fully saturated rings. The molecule has 1 amide bonds. The van der Waals surface area contributed by atoms with Gasteiger partial charge in [-0.3, -0.25) is 9.59 Å². The molecule has 0 heterocycles. The monoisotopic (exact) mass is 243 g/mol. The Morgan fingerprint density at radius 2 is 2.06 bits per heavy atom. The molecule has 6 heteroatoms. The van der Waals surface area contributed by atoms with Crippen molar-refractivity contribution in [1.82, 2.24) is 5.32 Å². The van der Waals surface area contributed by atoms with Crippen LogP contribution in [0.25, 0.3) is 0 Å². The van der Waals surface area contributed by atoms with Crippen LogP contribution in [-0.2, 0) is 4.79 Å². The van der Waals surface area contributed by atoms with Crippen LogP contribution in [0.1, 0.15) is 17.3 Å². The summed E-state index contributed by atoms with van der Waals surface area (Å²) in [5.41, 5.74) is -0.316. The molecule has 17 heavy (non-hydrogen) atoms. The molecule has 0 aliphatic carbocycles. The summed E-state index contributed by atoms with van der Waals surface area (Å²) in [6.45, 7) is 1.29. The molecule has 0 saturated heterocycles. The molecule has 1 aromatic carbocycles. The number of hydrogen-bond donors (Lipinski definition) is 2. The van der Waals surface area contributed by atoms with Crippen molar-refractivity contribution in [3.63, 3.8) is 0 Å². The first-order valence-corrected chi connectivity index (χ1v) is 4.88. The van der Waals surface area contributed by atoms with Gasteiger partial charge < -0.3 is 10.4 Å². The quantitative estimate of drug-likeness (QED) is 0.840. The van der Waals surface area contributed by atoms with Gasteiger partial charge in [-0.05, 0) is 12.1 Å². The molecule has 0 radical (unpaired) electrons. The van der Waals surface area contributed by atoms with Crippen LogP contribution >= 0.6 is 0 Å². The third kappa shape index (κ3) is 3.51. The summed E-state index contributed by atoms with van der Waals surface area (Å²) in [5, 5.41) is 10.8. The van der Waals surface area contributed by atoms with Gasteiger partial charge in [-0.2, -0.15) is 0 Å². The lowest BCUT2D eigenvalue weighted by atomic mass is 10.1. The fourth-order valence-electron chi connectivity index (χ4n) is 1.10. The van der Waals surface area contributed by atoms with Gasteiger partial charge in [0.25, 0.3) is 5.91 Å². The minimum Gasteiger partial charge on any atom is -0.481 e. The molecular formula is C11H11F2NO3. The van der Waals surface area contributed by atoms with E-state index in [9.17, 15) is 18.4 Å². The van der Waals surface area contributed by atoms with Crippen molar-refractivity contribution >= 4 is 11.9 Å². The summed E-state index contributed by atoms with van der Waals surface area (Å²) in [7, 11) is 0. The first-order valence-electron chi connectivity index (χ1n) is 4.88. The Kier molecular flexibility index (Phi) is 4.14. The highest BCUT2D eigenvalue weighted by molar-refractivity contribution is 5.94. The van der Waals surface area contributed by atoms with Crippen LogP contribution in [-0.4, -0.2) is 23.5 Å². The van der Waals surface area contributed by atoms with E-state index in [0.717, 1.165) is 12.1 Å². The van der Waals surface area contributed by atoms with Crippen LogP contribution in [0.4, 0.5) is 8.78 Å². The van der Waals surface area contributed by atoms with Crippen molar-refractivity contribution in [3.8, 4) is 0 Å². The van der Waals surface area contributed by atoms with Gasteiger partial charge in [0.1, 0.15) is 11.6 Å². The number of benzene rings is 1. The molecule has 0 saturated carbocycles. The zero-order valence-corrected chi connectivity index (χ0v) is 9.04. The number of hydrogen-bond acceptors (Lipinski definition) is 2. The third-order valence-electron chi connectivity index (χ3n) is 2.17. The molecule has 1 atom stereocenters. The fourth-order valence-corrected chi connectivity index (χ4v) is 1.10. The van der Waals surface area contributed by atoms with Crippen LogP contribution in [0.5, 0.6) is 0 Å². The Bertz CT molecular complexity index is 448. The summed E-state index contributed by atoms with van der Waals surface area (Å²) in [6.07, 6.45) is 0. The largest absolute Gasteiger partial charge is 0.481 e. The average molecular weight is 243 g/mol. The summed E-state index contributed by atoms with van der Waals surface area (Å²) in [5.74, 6) is -4.37. The molecular weight excluding hydrogens is 232 g/mol. The van der Waals surface area contributed by atoms with Crippen LogP contribution < -0.4 is 5.32 Å². The van der Waals surface area contributed by atoms with E-state index in [1.54, 1.807) is 0 Å². The molecule has 0 aliphatic rings. The molecule has 2 N–H and O–H groups in total. The van der Waals surface area contributed by atoms with Gasteiger partial charge in [0.05, 0.1) is 11.5 Å². The number of rotatable bonds is 4. The maximum atomic E-state index is 13.2. The predicted octanol–water partition coefficient (Wildman–Crippen LogP) is 1.42. The van der Waals surface area contributed by atoms with E-state index in [4.69, 9.17) is 5.11 Å². The highest BCUT2D eigenvalue weighted by Gasteiger charge is 2.15. The lowest BCUT2D eigenvalue weighted by Crippen LogP contribution is -2.31. The van der Waals surface area contributed by atoms with Crippen molar-refractivity contribution in [2.24, 2.45) is 5.92 Å². The first-order chi connectivity index (χ1) is 7.91. The van der Waals surface area contributed by atoms with Crippen molar-refractivity contribution in [3.05, 3.63) is 35.4 Å². The summed E-state index contributed by atoms with van der Waals surface area (Å²) in [6, 6.07) is 2.56. The number of aliphatic carboxylic acids is 1. The number of carbonyl (C=O) groups excluding carboxylic acids is 1. The minimum absolute atomic E-state index is 0.120. The highest BCUT2D eigenvalue weighted by atomic mass is 19.1. The summed E-state index contributed by atoms with van der Waals surface area (Å²) < 4.78 is 25.7. The normalized spacial score (nSPS) is 11.9. The van der Waals surface area contributed by atoms with Gasteiger partial charge in [0.15, 0.2) is 0 Å². The van der Waals surface area contributed by atoms with E-state index in [1.807, 2.05) is 0 Å². The Hall–Kier alpha value is -1.98. The number of nitrogens with one attached hydrogen (secondary N) is 1. The smallest absolute Gasteiger partial charge is 0.308 e. The Labute approximate surface area is 96.3 Å². The molecule has 4 nitrogen and oxygen atoms in total. The van der Waals surface area contributed by atoms with E-state index in [1.165, 1.54) is 6.92 Å². The van der Waals surface area contributed by atoms with E-state index in [-0.39, 0.29) is 12.1 Å². The van der Waals surface area contributed by atoms with E-state index < -0.39 is 29.4 Å². The topological polar surface area (TPSA) is 66.4 Å². The maximum absolute atomic E-state index is 13.2. The van der Waals surface area contributed by atoms with Crippen LogP contribution in [0.2, 0.25) is 0 Å². The lowest BCUT2D eigenvalue weighted by Gasteiger charge is -2.08. The molecule has 92 valence electrons. The van der Waals surface area contributed by atoms with Crippen LogP contribution in [0, 0.1) is 17.6 Å². The second-order valence-electron chi connectivity index (χ2n) is 3.57. The zero-order valence-electron chi connectivity index (χ0n) is 9.04. The number of carboxylic acid groups (broad SMARTS) is 1. The standard InChI is InChI=1S/C11H11F2NO3/c1-6(11(16)17)5-14-10(15)8-3-2-7(12)4-9(8)13/h2-4,6H,5H2,1H3,(H,14,15)(H,16,17). The minimum atomic E-state index is -1.06. The highest BCUT2D eigenvalue weighted by Crippen LogP contribution is 2.09. The van der Waals surface area contributed by atoms with Gasteiger partial charge in [-0.25, -0.2) is 8.78 Å². The number of halogens is 2. The summed E-state index contributed by atoms with van der Waals surface area (Å²) >= 11 is 0.